The molecule has 3 N–H and O–H groups in total. The van der Waals surface area contributed by atoms with Crippen LogP contribution in [-0.4, -0.2) is 18.3 Å². The van der Waals surface area contributed by atoms with Crippen molar-refractivity contribution in [3.63, 3.8) is 0 Å². The molecule has 2 unspecified atom stereocenters. The second kappa shape index (κ2) is 5.72. The average molecular weight is 251 g/mol. The van der Waals surface area contributed by atoms with E-state index < -0.39 is 6.10 Å². The van der Waals surface area contributed by atoms with Gasteiger partial charge in [0, 0.05) is 6.04 Å². The molecule has 0 saturated heterocycles. The van der Waals surface area contributed by atoms with E-state index in [-0.39, 0.29) is 12.0 Å². The Bertz CT molecular complexity index is 427. The Balaban J connectivity index is 3.26. The predicted molar refractivity (Wildman–Crippen MR) is 75.0 cm³/mol. The Kier molecular flexibility index (Phi) is 4.77. The van der Waals surface area contributed by atoms with Crippen molar-refractivity contribution in [2.45, 2.75) is 46.8 Å². The lowest BCUT2D eigenvalue weighted by Gasteiger charge is -2.26. The van der Waals surface area contributed by atoms with E-state index >= 15 is 0 Å². The molecule has 1 aromatic rings. The monoisotopic (exact) mass is 251 g/mol. The summed E-state index contributed by atoms with van der Waals surface area (Å²) in [7, 11) is 1.67. The number of aliphatic hydroxyl groups excluding tert-OH is 1. The number of aryl methyl sites for hydroxylation is 1. The second-order valence-corrected chi connectivity index (χ2v) is 5.33. The molecule has 0 fully saturated rings. The minimum Gasteiger partial charge on any atom is -0.496 e. The van der Waals surface area contributed by atoms with Crippen molar-refractivity contribution >= 4 is 0 Å². The fraction of sp³-hybridized carbons (Fsp3) is 0.600. The molecule has 0 amide bonds. The third-order valence-electron chi connectivity index (χ3n) is 3.72. The second-order valence-electron chi connectivity index (χ2n) is 5.33. The van der Waals surface area contributed by atoms with Gasteiger partial charge in [0.2, 0.25) is 0 Å². The van der Waals surface area contributed by atoms with Gasteiger partial charge in [0.15, 0.2) is 0 Å². The van der Waals surface area contributed by atoms with E-state index in [9.17, 15) is 5.11 Å². The molecule has 0 aliphatic heterocycles. The maximum absolute atomic E-state index is 10.4. The van der Waals surface area contributed by atoms with E-state index in [1.807, 2.05) is 40.7 Å². The fourth-order valence-corrected chi connectivity index (χ4v) is 2.28. The molecule has 0 heterocycles. The molecule has 2 atom stereocenters. The van der Waals surface area contributed by atoms with Gasteiger partial charge in [0.05, 0.1) is 13.2 Å². The summed E-state index contributed by atoms with van der Waals surface area (Å²) in [5.74, 6) is 1.13. The lowest BCUT2D eigenvalue weighted by atomic mass is 9.88. The van der Waals surface area contributed by atoms with E-state index in [2.05, 4.69) is 0 Å². The van der Waals surface area contributed by atoms with Crippen LogP contribution in [0.3, 0.4) is 0 Å². The molecule has 0 spiro atoms. The number of methoxy groups -OCH3 is 1. The zero-order chi connectivity index (χ0) is 14.0. The molecule has 3 heteroatoms. The third kappa shape index (κ3) is 2.68. The molecular weight excluding hydrogens is 226 g/mol. The van der Waals surface area contributed by atoms with Crippen LogP contribution in [0.4, 0.5) is 0 Å². The van der Waals surface area contributed by atoms with Gasteiger partial charge in [-0.25, -0.2) is 0 Å². The maximum Gasteiger partial charge on any atom is 0.124 e. The highest BCUT2D eigenvalue weighted by Gasteiger charge is 2.23. The Morgan fingerprint density at radius 3 is 2.17 bits per heavy atom. The Morgan fingerprint density at radius 2 is 1.72 bits per heavy atom. The van der Waals surface area contributed by atoms with Crippen molar-refractivity contribution in [3.8, 4) is 5.75 Å². The van der Waals surface area contributed by atoms with Gasteiger partial charge in [0.25, 0.3) is 0 Å². The van der Waals surface area contributed by atoms with Gasteiger partial charge in [-0.15, -0.1) is 0 Å². The lowest BCUT2D eigenvalue weighted by Crippen LogP contribution is -2.34. The summed E-state index contributed by atoms with van der Waals surface area (Å²) < 4.78 is 5.39. The van der Waals surface area contributed by atoms with E-state index in [1.54, 1.807) is 7.11 Å². The average Bonchev–Trinajstić information content (AvgIpc) is 2.32. The highest BCUT2D eigenvalue weighted by atomic mass is 16.5. The predicted octanol–water partition coefficient (Wildman–Crippen LogP) is 2.64. The number of rotatable bonds is 4. The van der Waals surface area contributed by atoms with E-state index in [1.165, 1.54) is 0 Å². The molecule has 1 rings (SSSR count). The first kappa shape index (κ1) is 15.0. The van der Waals surface area contributed by atoms with E-state index in [4.69, 9.17) is 10.5 Å². The molecule has 0 aromatic heterocycles. The van der Waals surface area contributed by atoms with Crippen molar-refractivity contribution < 1.29 is 9.84 Å². The molecule has 3 nitrogen and oxygen atoms in total. The SMILES string of the molecule is COc1c(C)cc(C(O)C(N)C(C)C)c(C)c1C. The Labute approximate surface area is 110 Å². The van der Waals surface area contributed by atoms with Crippen molar-refractivity contribution in [2.24, 2.45) is 11.7 Å². The number of benzene rings is 1. The van der Waals surface area contributed by atoms with Gasteiger partial charge in [0.1, 0.15) is 5.75 Å². The molecule has 0 aliphatic rings. The summed E-state index contributed by atoms with van der Waals surface area (Å²) in [5.41, 5.74) is 10.1. The van der Waals surface area contributed by atoms with E-state index in [0.717, 1.165) is 28.0 Å². The van der Waals surface area contributed by atoms with Gasteiger partial charge >= 0.3 is 0 Å². The summed E-state index contributed by atoms with van der Waals surface area (Å²) in [6.07, 6.45) is -0.631. The molecule has 0 aliphatic carbocycles. The van der Waals surface area contributed by atoms with Crippen LogP contribution in [0.1, 0.15) is 42.2 Å². The van der Waals surface area contributed by atoms with Gasteiger partial charge in [-0.05, 0) is 55.0 Å². The molecule has 0 saturated carbocycles. The molecule has 0 bridgehead atoms. The van der Waals surface area contributed by atoms with E-state index in [0.29, 0.717) is 0 Å². The van der Waals surface area contributed by atoms with Gasteiger partial charge < -0.3 is 15.6 Å². The fourth-order valence-electron chi connectivity index (χ4n) is 2.28. The highest BCUT2D eigenvalue weighted by Crippen LogP contribution is 2.33. The number of hydrogen-bond donors (Lipinski definition) is 2. The highest BCUT2D eigenvalue weighted by molar-refractivity contribution is 5.49. The van der Waals surface area contributed by atoms with Crippen molar-refractivity contribution in [1.82, 2.24) is 0 Å². The number of aliphatic hydroxyl groups is 1. The normalized spacial score (nSPS) is 14.7. The van der Waals surface area contributed by atoms with Crippen molar-refractivity contribution in [1.29, 1.82) is 0 Å². The van der Waals surface area contributed by atoms with Crippen LogP contribution in [0.15, 0.2) is 6.07 Å². The smallest absolute Gasteiger partial charge is 0.124 e. The first-order valence-electron chi connectivity index (χ1n) is 6.39. The number of hydrogen-bond acceptors (Lipinski definition) is 3. The van der Waals surface area contributed by atoms with Crippen molar-refractivity contribution in [2.75, 3.05) is 7.11 Å². The largest absolute Gasteiger partial charge is 0.496 e. The van der Waals surface area contributed by atoms with Crippen LogP contribution >= 0.6 is 0 Å². The summed E-state index contributed by atoms with van der Waals surface area (Å²) in [4.78, 5) is 0. The van der Waals surface area contributed by atoms with Gasteiger partial charge in [-0.3, -0.25) is 0 Å². The van der Waals surface area contributed by atoms with Gasteiger partial charge in [-0.1, -0.05) is 13.8 Å². The van der Waals surface area contributed by atoms with Gasteiger partial charge in [-0.2, -0.15) is 0 Å². The summed E-state index contributed by atoms with van der Waals surface area (Å²) in [5, 5.41) is 10.4. The standard InChI is InChI=1S/C15H25NO2/c1-8(2)13(16)14(17)12-7-9(3)15(18-6)11(5)10(12)4/h7-8,13-14,17H,16H2,1-6H3. The quantitative estimate of drug-likeness (QED) is 0.865. The molecule has 0 radical (unpaired) electrons. The molecular formula is C15H25NO2. The minimum atomic E-state index is -0.631. The lowest BCUT2D eigenvalue weighted by molar-refractivity contribution is 0.125. The number of nitrogens with two attached hydrogens (primary N) is 1. The van der Waals surface area contributed by atoms with Crippen LogP contribution in [0.2, 0.25) is 0 Å². The minimum absolute atomic E-state index is 0.238. The summed E-state index contributed by atoms with van der Waals surface area (Å²) >= 11 is 0. The first-order valence-corrected chi connectivity index (χ1v) is 6.39. The van der Waals surface area contributed by atoms with Crippen LogP contribution < -0.4 is 10.5 Å². The molecule has 102 valence electrons. The van der Waals surface area contributed by atoms with Crippen LogP contribution in [0.25, 0.3) is 0 Å². The zero-order valence-electron chi connectivity index (χ0n) is 12.2. The van der Waals surface area contributed by atoms with Crippen LogP contribution in [0.5, 0.6) is 5.75 Å². The Hall–Kier alpha value is -1.06. The van der Waals surface area contributed by atoms with Crippen LogP contribution in [-0.2, 0) is 0 Å². The van der Waals surface area contributed by atoms with Crippen molar-refractivity contribution in [3.05, 3.63) is 28.3 Å². The summed E-state index contributed by atoms with van der Waals surface area (Å²) in [6.45, 7) is 10.0. The maximum atomic E-state index is 10.4. The zero-order valence-corrected chi connectivity index (χ0v) is 12.2. The topological polar surface area (TPSA) is 55.5 Å². The number of ether oxygens (including phenoxy) is 1. The Morgan fingerprint density at radius 1 is 1.17 bits per heavy atom. The molecule has 1 aromatic carbocycles. The summed E-state index contributed by atoms with van der Waals surface area (Å²) in [6, 6.07) is 1.73. The molecule has 18 heavy (non-hydrogen) atoms. The van der Waals surface area contributed by atoms with Crippen LogP contribution in [0, 0.1) is 26.7 Å². The third-order valence-corrected chi connectivity index (χ3v) is 3.72. The first-order chi connectivity index (χ1) is 8.31.